The number of rotatable bonds is 2. The van der Waals surface area contributed by atoms with Crippen LogP contribution in [0, 0.1) is 5.92 Å². The minimum absolute atomic E-state index is 0.166. The predicted molar refractivity (Wildman–Crippen MR) is 112 cm³/mol. The summed E-state index contributed by atoms with van der Waals surface area (Å²) in [7, 11) is 0. The van der Waals surface area contributed by atoms with E-state index in [1.54, 1.807) is 0 Å². The topological polar surface area (TPSA) is 62.0 Å². The first-order valence-corrected chi connectivity index (χ1v) is 10.6. The van der Waals surface area contributed by atoms with E-state index >= 15 is 0 Å². The Morgan fingerprint density at radius 3 is 2.36 bits per heavy atom. The average molecular weight is 387 g/mol. The Morgan fingerprint density at radius 1 is 1.04 bits per heavy atom. The van der Waals surface area contributed by atoms with Crippen LogP contribution in [0.1, 0.15) is 40.0 Å². The molecule has 0 radical (unpaired) electrons. The van der Waals surface area contributed by atoms with Crippen LogP contribution in [0.25, 0.3) is 0 Å². The number of nitrogens with two attached hydrogens (primary N) is 1. The zero-order chi connectivity index (χ0) is 19.9. The number of anilines is 2. The molecule has 0 aromatic heterocycles. The molecule has 3 aliphatic rings. The minimum atomic E-state index is -0.425. The lowest BCUT2D eigenvalue weighted by molar-refractivity contribution is 0.0137. The number of amides is 1. The third kappa shape index (κ3) is 4.22. The van der Waals surface area contributed by atoms with Crippen LogP contribution < -0.4 is 10.6 Å². The Balaban J connectivity index is 1.33. The number of piperidine rings is 2. The highest BCUT2D eigenvalue weighted by Crippen LogP contribution is 2.36. The van der Waals surface area contributed by atoms with Crippen molar-refractivity contribution < 1.29 is 9.53 Å². The molecule has 3 saturated heterocycles. The summed E-state index contributed by atoms with van der Waals surface area (Å²) in [6, 6.07) is 9.48. The van der Waals surface area contributed by atoms with Gasteiger partial charge in [-0.05, 0) is 70.2 Å². The summed E-state index contributed by atoms with van der Waals surface area (Å²) in [6.07, 6.45) is 3.23. The molecule has 0 aliphatic carbocycles. The van der Waals surface area contributed by atoms with Gasteiger partial charge in [0.15, 0.2) is 0 Å². The van der Waals surface area contributed by atoms with Crippen LogP contribution in [0.15, 0.2) is 24.3 Å². The van der Waals surface area contributed by atoms with Crippen molar-refractivity contribution >= 4 is 17.5 Å². The van der Waals surface area contributed by atoms with Crippen molar-refractivity contribution in [3.05, 3.63) is 24.3 Å². The van der Waals surface area contributed by atoms with E-state index in [2.05, 4.69) is 21.9 Å². The monoisotopic (exact) mass is 386 g/mol. The van der Waals surface area contributed by atoms with E-state index < -0.39 is 5.60 Å². The molecule has 1 amide bonds. The highest BCUT2D eigenvalue weighted by Gasteiger charge is 2.42. The van der Waals surface area contributed by atoms with Gasteiger partial charge < -0.3 is 20.3 Å². The maximum absolute atomic E-state index is 12.3. The van der Waals surface area contributed by atoms with Gasteiger partial charge in [0.05, 0.1) is 0 Å². The lowest BCUT2D eigenvalue weighted by Crippen LogP contribution is -2.51. The van der Waals surface area contributed by atoms with Gasteiger partial charge in [-0.1, -0.05) is 0 Å². The van der Waals surface area contributed by atoms with E-state index in [0.29, 0.717) is 12.1 Å². The molecule has 6 heteroatoms. The van der Waals surface area contributed by atoms with Gasteiger partial charge in [0.1, 0.15) is 5.60 Å². The van der Waals surface area contributed by atoms with Gasteiger partial charge in [-0.15, -0.1) is 0 Å². The number of carbonyl (C=O) groups excluding carboxylic acids is 1. The molecule has 2 atom stereocenters. The fourth-order valence-electron chi connectivity index (χ4n) is 5.04. The number of fused-ring (bicyclic) bond motifs is 2. The third-order valence-electron chi connectivity index (χ3n) is 6.30. The molecule has 3 heterocycles. The minimum Gasteiger partial charge on any atom is -0.444 e. The van der Waals surface area contributed by atoms with Gasteiger partial charge >= 0.3 is 6.09 Å². The molecule has 2 bridgehead atoms. The van der Waals surface area contributed by atoms with E-state index in [-0.39, 0.29) is 6.09 Å². The molecule has 2 unspecified atom stereocenters. The lowest BCUT2D eigenvalue weighted by atomic mass is 9.98. The van der Waals surface area contributed by atoms with Crippen LogP contribution in [0.4, 0.5) is 16.2 Å². The molecule has 0 spiro atoms. The van der Waals surface area contributed by atoms with Crippen molar-refractivity contribution in [1.82, 2.24) is 9.80 Å². The van der Waals surface area contributed by atoms with E-state index in [9.17, 15) is 4.79 Å². The lowest BCUT2D eigenvalue weighted by Gasteiger charge is -2.40. The smallest absolute Gasteiger partial charge is 0.410 e. The second-order valence-electron chi connectivity index (χ2n) is 9.65. The maximum atomic E-state index is 12.3. The molecule has 28 heavy (non-hydrogen) atoms. The molecular weight excluding hydrogens is 352 g/mol. The molecule has 0 saturated carbocycles. The molecule has 2 N–H and O–H groups in total. The highest BCUT2D eigenvalue weighted by molar-refractivity contribution is 5.68. The summed E-state index contributed by atoms with van der Waals surface area (Å²) in [5.74, 6) is 0.736. The SMILES string of the molecule is CC(C)(C)OC(=O)N1CCC(N2CC3CC2CN(c2ccc(N)cc2)C3)CC1. The van der Waals surface area contributed by atoms with Gasteiger partial charge in [-0.3, -0.25) is 4.90 Å². The Kier molecular flexibility index (Phi) is 5.17. The number of carbonyl (C=O) groups is 1. The van der Waals surface area contributed by atoms with Crippen LogP contribution >= 0.6 is 0 Å². The van der Waals surface area contributed by atoms with E-state index in [1.807, 2.05) is 37.8 Å². The standard InChI is InChI=1S/C22H34N4O2/c1-22(2,3)28-21(27)24-10-8-19(9-11-24)26-14-16-12-20(26)15-25(13-16)18-6-4-17(23)5-7-18/h4-7,16,19-20H,8-15,23H2,1-3H3. The van der Waals surface area contributed by atoms with Crippen LogP contribution in [0.5, 0.6) is 0 Å². The molecule has 1 aromatic carbocycles. The average Bonchev–Trinajstić information content (AvgIpc) is 2.95. The quantitative estimate of drug-likeness (QED) is 0.791. The molecule has 6 nitrogen and oxygen atoms in total. The van der Waals surface area contributed by atoms with Crippen LogP contribution in [-0.2, 0) is 4.74 Å². The number of ether oxygens (including phenoxy) is 1. The summed E-state index contributed by atoms with van der Waals surface area (Å²) in [6.45, 7) is 10.8. The number of likely N-dealkylation sites (tertiary alicyclic amines) is 2. The van der Waals surface area contributed by atoms with Gasteiger partial charge in [0, 0.05) is 56.2 Å². The Bertz CT molecular complexity index is 691. The molecule has 3 fully saturated rings. The Hall–Kier alpha value is -1.95. The van der Waals surface area contributed by atoms with Crippen molar-refractivity contribution in [1.29, 1.82) is 0 Å². The number of hydrogen-bond acceptors (Lipinski definition) is 5. The molecular formula is C22H34N4O2. The normalized spacial score (nSPS) is 26.5. The number of benzene rings is 1. The van der Waals surface area contributed by atoms with Gasteiger partial charge in [-0.25, -0.2) is 4.79 Å². The van der Waals surface area contributed by atoms with Crippen molar-refractivity contribution in [2.45, 2.75) is 57.7 Å². The highest BCUT2D eigenvalue weighted by atomic mass is 16.6. The van der Waals surface area contributed by atoms with E-state index in [1.165, 1.54) is 18.7 Å². The van der Waals surface area contributed by atoms with Gasteiger partial charge in [-0.2, -0.15) is 0 Å². The largest absolute Gasteiger partial charge is 0.444 e. The second kappa shape index (κ2) is 7.47. The van der Waals surface area contributed by atoms with Gasteiger partial charge in [0.2, 0.25) is 0 Å². The first kappa shape index (κ1) is 19.4. The molecule has 154 valence electrons. The number of hydrogen-bond donors (Lipinski definition) is 1. The summed E-state index contributed by atoms with van der Waals surface area (Å²) in [4.78, 5) is 19.5. The molecule has 3 aliphatic heterocycles. The second-order valence-corrected chi connectivity index (χ2v) is 9.65. The van der Waals surface area contributed by atoms with Crippen LogP contribution in [0.2, 0.25) is 0 Å². The first-order chi connectivity index (χ1) is 13.3. The van der Waals surface area contributed by atoms with Crippen LogP contribution in [-0.4, -0.2) is 66.3 Å². The zero-order valence-corrected chi connectivity index (χ0v) is 17.4. The number of nitrogen functional groups attached to an aromatic ring is 1. The Morgan fingerprint density at radius 2 is 1.71 bits per heavy atom. The zero-order valence-electron chi connectivity index (χ0n) is 17.4. The van der Waals surface area contributed by atoms with Crippen molar-refractivity contribution in [2.24, 2.45) is 5.92 Å². The van der Waals surface area contributed by atoms with E-state index in [4.69, 9.17) is 10.5 Å². The first-order valence-electron chi connectivity index (χ1n) is 10.6. The fraction of sp³-hybridized carbons (Fsp3) is 0.682. The van der Waals surface area contributed by atoms with Crippen molar-refractivity contribution in [3.63, 3.8) is 0 Å². The third-order valence-corrected chi connectivity index (χ3v) is 6.30. The van der Waals surface area contributed by atoms with Crippen molar-refractivity contribution in [3.8, 4) is 0 Å². The summed E-state index contributed by atoms with van der Waals surface area (Å²) in [5.41, 5.74) is 7.52. The van der Waals surface area contributed by atoms with Gasteiger partial charge in [0.25, 0.3) is 0 Å². The molecule has 1 aromatic rings. The van der Waals surface area contributed by atoms with E-state index in [0.717, 1.165) is 50.6 Å². The summed E-state index contributed by atoms with van der Waals surface area (Å²) < 4.78 is 5.54. The summed E-state index contributed by atoms with van der Waals surface area (Å²) >= 11 is 0. The Labute approximate surface area is 168 Å². The fourth-order valence-corrected chi connectivity index (χ4v) is 5.04. The predicted octanol–water partition coefficient (Wildman–Crippen LogP) is 3.18. The maximum Gasteiger partial charge on any atom is 0.410 e. The summed E-state index contributed by atoms with van der Waals surface area (Å²) in [5, 5.41) is 0. The van der Waals surface area contributed by atoms with Crippen LogP contribution in [0.3, 0.4) is 0 Å². The number of nitrogens with zero attached hydrogens (tertiary/aromatic N) is 3. The molecule has 4 rings (SSSR count). The van der Waals surface area contributed by atoms with Crippen molar-refractivity contribution in [2.75, 3.05) is 43.4 Å².